The maximum atomic E-state index is 13.4. The highest BCUT2D eigenvalue weighted by Crippen LogP contribution is 2.23. The summed E-state index contributed by atoms with van der Waals surface area (Å²) in [7, 11) is 1.76. The third-order valence-corrected chi connectivity index (χ3v) is 4.48. The molecule has 1 fully saturated rings. The van der Waals surface area contributed by atoms with Gasteiger partial charge in [0.05, 0.1) is 24.3 Å². The van der Waals surface area contributed by atoms with Crippen LogP contribution in [0.1, 0.15) is 16.5 Å². The summed E-state index contributed by atoms with van der Waals surface area (Å²) in [5.74, 6) is -0.491. The summed E-state index contributed by atoms with van der Waals surface area (Å²) < 4.78 is 16.5. The molecule has 3 aromatic rings. The van der Waals surface area contributed by atoms with E-state index in [1.807, 2.05) is 0 Å². The topological polar surface area (TPSA) is 73.0 Å². The lowest BCUT2D eigenvalue weighted by atomic mass is 10.1. The number of rotatable bonds is 3. The quantitative estimate of drug-likeness (QED) is 0.715. The van der Waals surface area contributed by atoms with Crippen molar-refractivity contribution < 1.29 is 9.18 Å². The zero-order valence-corrected chi connectivity index (χ0v) is 14.0. The van der Waals surface area contributed by atoms with E-state index in [-0.39, 0.29) is 23.3 Å². The van der Waals surface area contributed by atoms with Crippen molar-refractivity contribution in [3.05, 3.63) is 70.8 Å². The van der Waals surface area contributed by atoms with Crippen molar-refractivity contribution in [2.45, 2.75) is 6.04 Å². The standard InChI is InChI=1S/C18H16FN5O2/c1-22-11-20-8-16(22)18(26)23-9-14(10-23)24-17(25)6-5-15(21-24)12-3-2-4-13(19)7-12/h2-8,11,14H,9-10H2,1H3. The van der Waals surface area contributed by atoms with Gasteiger partial charge in [0.2, 0.25) is 0 Å². The van der Waals surface area contributed by atoms with Gasteiger partial charge in [-0.2, -0.15) is 5.10 Å². The number of carbonyl (C=O) groups excluding carboxylic acids is 1. The lowest BCUT2D eigenvalue weighted by Crippen LogP contribution is -2.53. The Labute approximate surface area is 148 Å². The Kier molecular flexibility index (Phi) is 3.87. The molecule has 1 amide bonds. The summed E-state index contributed by atoms with van der Waals surface area (Å²) in [6, 6.07) is 8.85. The Bertz CT molecular complexity index is 1040. The second kappa shape index (κ2) is 6.21. The number of amides is 1. The number of aryl methyl sites for hydroxylation is 1. The van der Waals surface area contributed by atoms with Crippen molar-refractivity contribution in [3.63, 3.8) is 0 Å². The van der Waals surface area contributed by atoms with E-state index >= 15 is 0 Å². The van der Waals surface area contributed by atoms with Crippen LogP contribution in [0.2, 0.25) is 0 Å². The molecule has 0 N–H and O–H groups in total. The second-order valence-electron chi connectivity index (χ2n) is 6.27. The van der Waals surface area contributed by atoms with E-state index in [9.17, 15) is 14.0 Å². The lowest BCUT2D eigenvalue weighted by molar-refractivity contribution is 0.0484. The van der Waals surface area contributed by atoms with Crippen molar-refractivity contribution in [1.29, 1.82) is 0 Å². The van der Waals surface area contributed by atoms with Crippen LogP contribution in [0.3, 0.4) is 0 Å². The fraction of sp³-hybridized carbons (Fsp3) is 0.222. The number of hydrogen-bond donors (Lipinski definition) is 0. The highest BCUT2D eigenvalue weighted by molar-refractivity contribution is 5.93. The molecule has 1 aromatic carbocycles. The highest BCUT2D eigenvalue weighted by atomic mass is 19.1. The van der Waals surface area contributed by atoms with Crippen molar-refractivity contribution in [3.8, 4) is 11.3 Å². The van der Waals surface area contributed by atoms with Crippen molar-refractivity contribution in [2.24, 2.45) is 7.05 Å². The number of nitrogens with zero attached hydrogens (tertiary/aromatic N) is 5. The Hall–Kier alpha value is -3.29. The third-order valence-electron chi connectivity index (χ3n) is 4.48. The first-order chi connectivity index (χ1) is 12.5. The Morgan fingerprint density at radius 2 is 2.04 bits per heavy atom. The van der Waals surface area contributed by atoms with E-state index in [0.717, 1.165) is 0 Å². The zero-order chi connectivity index (χ0) is 18.3. The maximum Gasteiger partial charge on any atom is 0.272 e. The molecule has 0 spiro atoms. The summed E-state index contributed by atoms with van der Waals surface area (Å²) in [6.45, 7) is 0.785. The van der Waals surface area contributed by atoms with Crippen LogP contribution < -0.4 is 5.56 Å². The van der Waals surface area contributed by atoms with Crippen LogP contribution in [-0.4, -0.2) is 43.2 Å². The molecule has 1 aliphatic heterocycles. The van der Waals surface area contributed by atoms with Gasteiger partial charge in [0.15, 0.2) is 0 Å². The molecule has 4 rings (SSSR count). The normalized spacial score (nSPS) is 14.3. The zero-order valence-electron chi connectivity index (χ0n) is 14.0. The molecule has 3 heterocycles. The van der Waals surface area contributed by atoms with E-state index in [1.54, 1.807) is 41.0 Å². The van der Waals surface area contributed by atoms with E-state index in [4.69, 9.17) is 0 Å². The average Bonchev–Trinajstić information content (AvgIpc) is 3.01. The van der Waals surface area contributed by atoms with E-state index in [0.29, 0.717) is 30.0 Å². The number of hydrogen-bond acceptors (Lipinski definition) is 4. The Morgan fingerprint density at radius 3 is 2.73 bits per heavy atom. The largest absolute Gasteiger partial charge is 0.333 e. The monoisotopic (exact) mass is 353 g/mol. The first kappa shape index (κ1) is 16.2. The van der Waals surface area contributed by atoms with Crippen LogP contribution >= 0.6 is 0 Å². The molecule has 0 atom stereocenters. The van der Waals surface area contributed by atoms with Gasteiger partial charge in [-0.25, -0.2) is 14.1 Å². The molecule has 2 aromatic heterocycles. The molecule has 0 saturated carbocycles. The summed E-state index contributed by atoms with van der Waals surface area (Å²) in [5.41, 5.74) is 1.36. The molecule has 7 nitrogen and oxygen atoms in total. The fourth-order valence-corrected chi connectivity index (χ4v) is 2.99. The van der Waals surface area contributed by atoms with Gasteiger partial charge in [0.25, 0.3) is 11.5 Å². The highest BCUT2D eigenvalue weighted by Gasteiger charge is 2.34. The predicted octanol–water partition coefficient (Wildman–Crippen LogP) is 1.48. The van der Waals surface area contributed by atoms with Crippen LogP contribution in [0, 0.1) is 5.82 Å². The molecule has 132 valence electrons. The van der Waals surface area contributed by atoms with Crippen LogP contribution in [-0.2, 0) is 7.05 Å². The van der Waals surface area contributed by atoms with Gasteiger partial charge in [0, 0.05) is 31.8 Å². The number of likely N-dealkylation sites (tertiary alicyclic amines) is 1. The van der Waals surface area contributed by atoms with Gasteiger partial charge in [-0.3, -0.25) is 9.59 Å². The van der Waals surface area contributed by atoms with Crippen molar-refractivity contribution in [2.75, 3.05) is 13.1 Å². The molecule has 0 unspecified atom stereocenters. The number of aromatic nitrogens is 4. The van der Waals surface area contributed by atoms with Crippen molar-refractivity contribution in [1.82, 2.24) is 24.2 Å². The average molecular weight is 353 g/mol. The minimum Gasteiger partial charge on any atom is -0.333 e. The van der Waals surface area contributed by atoms with Crippen LogP contribution in [0.25, 0.3) is 11.3 Å². The first-order valence-electron chi connectivity index (χ1n) is 8.14. The molecule has 26 heavy (non-hydrogen) atoms. The summed E-state index contributed by atoms with van der Waals surface area (Å²) >= 11 is 0. The van der Waals surface area contributed by atoms with Crippen LogP contribution in [0.15, 0.2) is 53.7 Å². The maximum absolute atomic E-state index is 13.4. The fourth-order valence-electron chi connectivity index (χ4n) is 2.99. The Balaban J connectivity index is 1.54. The SMILES string of the molecule is Cn1cncc1C(=O)N1CC(n2nc(-c3cccc(F)c3)ccc2=O)C1. The van der Waals surface area contributed by atoms with Crippen molar-refractivity contribution >= 4 is 5.91 Å². The van der Waals surface area contributed by atoms with Gasteiger partial charge in [-0.1, -0.05) is 12.1 Å². The third kappa shape index (κ3) is 2.79. The molecule has 8 heteroatoms. The van der Waals surface area contributed by atoms with Gasteiger partial charge in [0.1, 0.15) is 11.5 Å². The van der Waals surface area contributed by atoms with Gasteiger partial charge < -0.3 is 9.47 Å². The molecular formula is C18H16FN5O2. The molecule has 1 saturated heterocycles. The summed E-state index contributed by atoms with van der Waals surface area (Å²) in [6.07, 6.45) is 3.09. The Morgan fingerprint density at radius 1 is 1.23 bits per heavy atom. The molecular weight excluding hydrogens is 337 g/mol. The first-order valence-corrected chi connectivity index (χ1v) is 8.14. The number of carbonyl (C=O) groups is 1. The molecule has 1 aliphatic rings. The van der Waals surface area contributed by atoms with Crippen LogP contribution in [0.4, 0.5) is 4.39 Å². The molecule has 0 aliphatic carbocycles. The van der Waals surface area contributed by atoms with Gasteiger partial charge in [-0.05, 0) is 18.2 Å². The lowest BCUT2D eigenvalue weighted by Gasteiger charge is -2.39. The number of halogens is 1. The molecule has 0 bridgehead atoms. The van der Waals surface area contributed by atoms with E-state index in [1.165, 1.54) is 29.1 Å². The second-order valence-corrected chi connectivity index (χ2v) is 6.27. The smallest absolute Gasteiger partial charge is 0.272 e. The minimum absolute atomic E-state index is 0.129. The van der Waals surface area contributed by atoms with E-state index < -0.39 is 0 Å². The number of imidazole rings is 1. The molecule has 0 radical (unpaired) electrons. The predicted molar refractivity (Wildman–Crippen MR) is 92.0 cm³/mol. The number of benzene rings is 1. The summed E-state index contributed by atoms with van der Waals surface area (Å²) in [4.78, 5) is 30.2. The van der Waals surface area contributed by atoms with E-state index in [2.05, 4.69) is 10.1 Å². The van der Waals surface area contributed by atoms with Gasteiger partial charge >= 0.3 is 0 Å². The minimum atomic E-state index is -0.362. The summed E-state index contributed by atoms with van der Waals surface area (Å²) in [5, 5.41) is 4.36. The van der Waals surface area contributed by atoms with Gasteiger partial charge in [-0.15, -0.1) is 0 Å². The van der Waals surface area contributed by atoms with Crippen LogP contribution in [0.5, 0.6) is 0 Å².